The highest BCUT2D eigenvalue weighted by molar-refractivity contribution is 6.38. The monoisotopic (exact) mass is 300 g/mol. The first-order valence-corrected chi connectivity index (χ1v) is 6.12. The van der Waals surface area contributed by atoms with Crippen LogP contribution in [-0.4, -0.2) is 18.7 Å². The van der Waals surface area contributed by atoms with Crippen molar-refractivity contribution in [2.45, 2.75) is 19.0 Å². The molecule has 0 bridgehead atoms. The van der Waals surface area contributed by atoms with Gasteiger partial charge in [0.15, 0.2) is 5.66 Å². The molecule has 0 amide bonds. The van der Waals surface area contributed by atoms with Crippen molar-refractivity contribution in [1.29, 1.82) is 0 Å². The third kappa shape index (κ3) is 2.74. The number of rotatable bonds is 3. The lowest BCUT2D eigenvalue weighted by Crippen LogP contribution is -2.20. The molecule has 1 aromatic rings. The van der Waals surface area contributed by atoms with E-state index in [4.69, 9.17) is 23.2 Å². The third-order valence-electron chi connectivity index (χ3n) is 2.66. The summed E-state index contributed by atoms with van der Waals surface area (Å²) in [7, 11) is 1.29. The Labute approximate surface area is 119 Å². The molecule has 0 spiro atoms. The lowest BCUT2D eigenvalue weighted by Gasteiger charge is -2.17. The molecule has 1 aliphatic heterocycles. The van der Waals surface area contributed by atoms with Crippen LogP contribution in [0.15, 0.2) is 32.8 Å². The summed E-state index contributed by atoms with van der Waals surface area (Å²) in [6.07, 6.45) is 0.294. The average molecular weight is 301 g/mol. The predicted molar refractivity (Wildman–Crippen MR) is 69.6 cm³/mol. The number of halogens is 2. The maximum absolute atomic E-state index is 11.6. The highest BCUT2D eigenvalue weighted by atomic mass is 35.5. The van der Waals surface area contributed by atoms with Gasteiger partial charge >= 0.3 is 5.97 Å². The number of nitrogens with zero attached hydrogens (tertiary/aromatic N) is 4. The lowest BCUT2D eigenvalue weighted by atomic mass is 10.0. The second-order valence-electron chi connectivity index (χ2n) is 4.15. The molecule has 0 unspecified atom stereocenters. The Morgan fingerprint density at radius 1 is 1.32 bits per heavy atom. The van der Waals surface area contributed by atoms with Gasteiger partial charge in [0, 0.05) is 11.4 Å². The number of hydrogen-bond donors (Lipinski definition) is 0. The normalized spacial score (nSPS) is 15.8. The van der Waals surface area contributed by atoms with Gasteiger partial charge in [0.05, 0.1) is 17.7 Å². The summed E-state index contributed by atoms with van der Waals surface area (Å²) in [6.45, 7) is 1.74. The van der Waals surface area contributed by atoms with Gasteiger partial charge in [-0.3, -0.25) is 0 Å². The number of methoxy groups -OCH3 is 1. The van der Waals surface area contributed by atoms with Crippen molar-refractivity contribution in [3.8, 4) is 0 Å². The van der Waals surface area contributed by atoms with Crippen LogP contribution >= 0.6 is 23.2 Å². The van der Waals surface area contributed by atoms with E-state index in [1.807, 2.05) is 0 Å². The zero-order valence-corrected chi connectivity index (χ0v) is 11.7. The molecule has 0 saturated carbocycles. The molecule has 0 N–H and O–H groups in total. The van der Waals surface area contributed by atoms with Crippen LogP contribution < -0.4 is 0 Å². The van der Waals surface area contributed by atoms with Crippen LogP contribution in [-0.2, 0) is 11.2 Å². The Balaban J connectivity index is 2.42. The Morgan fingerprint density at radius 3 is 2.53 bits per heavy atom. The molecule has 0 saturated heterocycles. The molecule has 6 nitrogen and oxygen atoms in total. The van der Waals surface area contributed by atoms with Crippen molar-refractivity contribution in [2.75, 3.05) is 7.11 Å². The Hall–Kier alpha value is -1.53. The van der Waals surface area contributed by atoms with Gasteiger partial charge in [0.25, 0.3) is 0 Å². The highest BCUT2D eigenvalue weighted by Crippen LogP contribution is 2.34. The van der Waals surface area contributed by atoms with Gasteiger partial charge < -0.3 is 4.74 Å². The quantitative estimate of drug-likeness (QED) is 0.794. The number of hydrogen-bond acceptors (Lipinski definition) is 6. The summed E-state index contributed by atoms with van der Waals surface area (Å²) < 4.78 is 4.66. The first-order valence-electron chi connectivity index (χ1n) is 5.36. The summed E-state index contributed by atoms with van der Waals surface area (Å²) in [6, 6.07) is 3.10. The van der Waals surface area contributed by atoms with Crippen molar-refractivity contribution >= 4 is 29.2 Å². The van der Waals surface area contributed by atoms with E-state index < -0.39 is 11.6 Å². The number of carbonyl (C=O) groups is 1. The predicted octanol–water partition coefficient (Wildman–Crippen LogP) is 3.87. The molecule has 0 radical (unpaired) electrons. The maximum atomic E-state index is 11.6. The van der Waals surface area contributed by atoms with E-state index in [0.29, 0.717) is 17.0 Å². The van der Waals surface area contributed by atoms with Crippen molar-refractivity contribution in [3.05, 3.63) is 33.3 Å². The van der Waals surface area contributed by atoms with Gasteiger partial charge in [0.1, 0.15) is 0 Å². The SMILES string of the molecule is COC(=O)c1ccc(Cl)c(CC2(C)N=NN=N2)c1Cl. The van der Waals surface area contributed by atoms with E-state index >= 15 is 0 Å². The fourth-order valence-corrected chi connectivity index (χ4v) is 2.27. The first kappa shape index (κ1) is 13.9. The van der Waals surface area contributed by atoms with Crippen LogP contribution in [0, 0.1) is 0 Å². The smallest absolute Gasteiger partial charge is 0.339 e. The van der Waals surface area contributed by atoms with E-state index in [1.54, 1.807) is 13.0 Å². The molecule has 19 heavy (non-hydrogen) atoms. The molecule has 1 aliphatic rings. The molecule has 0 aliphatic carbocycles. The van der Waals surface area contributed by atoms with Gasteiger partial charge in [-0.25, -0.2) is 4.79 Å². The number of carbonyl (C=O) groups excluding carboxylic acids is 1. The van der Waals surface area contributed by atoms with Gasteiger partial charge in [-0.2, -0.15) is 0 Å². The van der Waals surface area contributed by atoms with Crippen LogP contribution in [0.4, 0.5) is 0 Å². The van der Waals surface area contributed by atoms with Gasteiger partial charge in [-0.05, 0) is 35.1 Å². The van der Waals surface area contributed by atoms with Gasteiger partial charge in [0.2, 0.25) is 0 Å². The Morgan fingerprint density at radius 2 is 1.95 bits per heavy atom. The van der Waals surface area contributed by atoms with E-state index in [1.165, 1.54) is 13.2 Å². The fourth-order valence-electron chi connectivity index (χ4n) is 1.69. The zero-order chi connectivity index (χ0) is 14.0. The van der Waals surface area contributed by atoms with Crippen LogP contribution in [0.25, 0.3) is 0 Å². The second kappa shape index (κ2) is 5.22. The molecule has 2 rings (SSSR count). The van der Waals surface area contributed by atoms with Crippen LogP contribution in [0.5, 0.6) is 0 Å². The van der Waals surface area contributed by atoms with E-state index in [2.05, 4.69) is 25.4 Å². The topological polar surface area (TPSA) is 75.7 Å². The molecular formula is C11H10Cl2N4O2. The Bertz CT molecular complexity index is 574. The highest BCUT2D eigenvalue weighted by Gasteiger charge is 2.30. The first-order chi connectivity index (χ1) is 8.97. The Kier molecular flexibility index (Phi) is 3.82. The second-order valence-corrected chi connectivity index (χ2v) is 4.94. The molecule has 0 atom stereocenters. The summed E-state index contributed by atoms with van der Waals surface area (Å²) >= 11 is 12.3. The van der Waals surface area contributed by atoms with E-state index in [9.17, 15) is 4.79 Å². The van der Waals surface area contributed by atoms with Crippen LogP contribution in [0.3, 0.4) is 0 Å². The molecule has 100 valence electrons. The van der Waals surface area contributed by atoms with Gasteiger partial charge in [-0.15, -0.1) is 10.2 Å². The molecule has 0 aromatic heterocycles. The molecule has 1 heterocycles. The van der Waals surface area contributed by atoms with E-state index in [0.717, 1.165) is 0 Å². The largest absolute Gasteiger partial charge is 0.465 e. The van der Waals surface area contributed by atoms with E-state index in [-0.39, 0.29) is 10.6 Å². The minimum Gasteiger partial charge on any atom is -0.465 e. The van der Waals surface area contributed by atoms with Crippen LogP contribution in [0.1, 0.15) is 22.8 Å². The summed E-state index contributed by atoms with van der Waals surface area (Å²) in [5.41, 5.74) is -0.0326. The molecule has 0 fully saturated rings. The van der Waals surface area contributed by atoms with Crippen LogP contribution in [0.2, 0.25) is 10.0 Å². The molecular weight excluding hydrogens is 291 g/mol. The zero-order valence-electron chi connectivity index (χ0n) is 10.2. The average Bonchev–Trinajstić information content (AvgIpc) is 2.81. The standard InChI is InChI=1S/C11H10Cl2N4O2/c1-11(14-16-17-15-11)5-7-8(12)4-3-6(9(7)13)10(18)19-2/h3-4H,5H2,1-2H3. The molecule has 1 aromatic carbocycles. The van der Waals surface area contributed by atoms with Crippen molar-refractivity contribution in [2.24, 2.45) is 20.7 Å². The van der Waals surface area contributed by atoms with Gasteiger partial charge in [-0.1, -0.05) is 23.2 Å². The number of ether oxygens (including phenoxy) is 1. The summed E-state index contributed by atoms with van der Waals surface area (Å²) in [5, 5.41) is 15.4. The van der Waals surface area contributed by atoms with Crippen molar-refractivity contribution in [3.63, 3.8) is 0 Å². The number of esters is 1. The van der Waals surface area contributed by atoms with Crippen molar-refractivity contribution in [1.82, 2.24) is 0 Å². The summed E-state index contributed by atoms with van der Waals surface area (Å²) in [4.78, 5) is 11.6. The summed E-state index contributed by atoms with van der Waals surface area (Å²) in [5.74, 6) is -0.525. The van der Waals surface area contributed by atoms with Crippen molar-refractivity contribution < 1.29 is 9.53 Å². The third-order valence-corrected chi connectivity index (χ3v) is 3.45. The fraction of sp³-hybridized carbons (Fsp3) is 0.364. The maximum Gasteiger partial charge on any atom is 0.339 e. The number of benzene rings is 1. The molecule has 8 heteroatoms. The lowest BCUT2D eigenvalue weighted by molar-refractivity contribution is 0.0601. The minimum absolute atomic E-state index is 0.234. The minimum atomic E-state index is -0.845.